The van der Waals surface area contributed by atoms with Gasteiger partial charge in [-0.25, -0.2) is 0 Å². The number of amides is 2. The van der Waals surface area contributed by atoms with E-state index in [-0.39, 0.29) is 18.4 Å². The summed E-state index contributed by atoms with van der Waals surface area (Å²) in [6.07, 6.45) is 4.47. The van der Waals surface area contributed by atoms with Crippen molar-refractivity contribution >= 4 is 17.5 Å². The average Bonchev–Trinajstić information content (AvgIpc) is 2.95. The molecule has 0 bridgehead atoms. The molecule has 5 nitrogen and oxygen atoms in total. The lowest BCUT2D eigenvalue weighted by molar-refractivity contribution is -0.118. The van der Waals surface area contributed by atoms with Crippen LogP contribution in [0.25, 0.3) is 0 Å². The first-order valence-electron chi connectivity index (χ1n) is 9.91. The van der Waals surface area contributed by atoms with Crippen LogP contribution in [0.15, 0.2) is 42.5 Å². The highest BCUT2D eigenvalue weighted by molar-refractivity contribution is 5.97. The molecule has 28 heavy (non-hydrogen) atoms. The third kappa shape index (κ3) is 5.59. The molecule has 0 aromatic heterocycles. The molecule has 1 heterocycles. The highest BCUT2D eigenvalue weighted by atomic mass is 16.5. The smallest absolute Gasteiger partial charge is 0.262 e. The van der Waals surface area contributed by atoms with Crippen LogP contribution >= 0.6 is 0 Å². The fraction of sp³-hybridized carbons (Fsp3) is 0.391. The van der Waals surface area contributed by atoms with Gasteiger partial charge in [0, 0.05) is 24.3 Å². The number of carbonyl (C=O) groups is 2. The molecule has 2 aromatic carbocycles. The molecule has 2 aromatic rings. The van der Waals surface area contributed by atoms with E-state index in [0.717, 1.165) is 37.1 Å². The number of nitrogens with one attached hydrogen (secondary N) is 1. The molecule has 1 aliphatic heterocycles. The molecule has 0 atom stereocenters. The summed E-state index contributed by atoms with van der Waals surface area (Å²) in [4.78, 5) is 26.9. The molecule has 0 spiro atoms. The second-order valence-electron chi connectivity index (χ2n) is 7.45. The van der Waals surface area contributed by atoms with Crippen LogP contribution in [0, 0.1) is 13.8 Å². The number of carbonyl (C=O) groups excluding carboxylic acids is 2. The Morgan fingerprint density at radius 2 is 1.64 bits per heavy atom. The second kappa shape index (κ2) is 9.40. The van der Waals surface area contributed by atoms with Gasteiger partial charge in [0.15, 0.2) is 6.61 Å². The van der Waals surface area contributed by atoms with Crippen molar-refractivity contribution in [2.45, 2.75) is 39.5 Å². The third-order valence-electron chi connectivity index (χ3n) is 4.85. The minimum atomic E-state index is -0.251. The van der Waals surface area contributed by atoms with Crippen LogP contribution in [0.3, 0.4) is 0 Å². The fourth-order valence-electron chi connectivity index (χ4n) is 3.55. The summed E-state index contributed by atoms with van der Waals surface area (Å²) in [5, 5.41) is 2.82. The Labute approximate surface area is 166 Å². The zero-order chi connectivity index (χ0) is 19.9. The number of benzene rings is 2. The number of ether oxygens (including phenoxy) is 1. The van der Waals surface area contributed by atoms with Gasteiger partial charge in [-0.2, -0.15) is 0 Å². The normalized spacial score (nSPS) is 14.3. The number of hydrogen-bond donors (Lipinski definition) is 1. The van der Waals surface area contributed by atoms with Crippen molar-refractivity contribution in [1.29, 1.82) is 0 Å². The maximum absolute atomic E-state index is 12.8. The average molecular weight is 380 g/mol. The molecule has 0 saturated carbocycles. The Kier molecular flexibility index (Phi) is 6.69. The van der Waals surface area contributed by atoms with Crippen molar-refractivity contribution in [3.63, 3.8) is 0 Å². The van der Waals surface area contributed by atoms with E-state index in [1.165, 1.54) is 12.8 Å². The van der Waals surface area contributed by atoms with E-state index >= 15 is 0 Å². The third-order valence-corrected chi connectivity index (χ3v) is 4.85. The van der Waals surface area contributed by atoms with Crippen LogP contribution in [0.2, 0.25) is 0 Å². The van der Waals surface area contributed by atoms with Gasteiger partial charge in [0.1, 0.15) is 5.75 Å². The minimum Gasteiger partial charge on any atom is -0.484 e. The second-order valence-corrected chi connectivity index (χ2v) is 7.45. The van der Waals surface area contributed by atoms with Gasteiger partial charge in [0.2, 0.25) is 0 Å². The van der Waals surface area contributed by atoms with E-state index in [4.69, 9.17) is 4.74 Å². The predicted molar refractivity (Wildman–Crippen MR) is 111 cm³/mol. The van der Waals surface area contributed by atoms with Crippen LogP contribution in [0.5, 0.6) is 5.75 Å². The summed E-state index contributed by atoms with van der Waals surface area (Å²) < 4.78 is 5.60. The van der Waals surface area contributed by atoms with Crippen molar-refractivity contribution < 1.29 is 14.3 Å². The molecule has 1 aliphatic rings. The van der Waals surface area contributed by atoms with Crippen molar-refractivity contribution in [3.05, 3.63) is 59.2 Å². The zero-order valence-electron chi connectivity index (χ0n) is 16.7. The van der Waals surface area contributed by atoms with E-state index < -0.39 is 0 Å². The molecule has 2 amide bonds. The summed E-state index contributed by atoms with van der Waals surface area (Å²) in [6.45, 7) is 5.52. The highest BCUT2D eigenvalue weighted by Crippen LogP contribution is 2.18. The summed E-state index contributed by atoms with van der Waals surface area (Å²) in [6, 6.07) is 13.0. The van der Waals surface area contributed by atoms with Gasteiger partial charge in [0.25, 0.3) is 11.8 Å². The van der Waals surface area contributed by atoms with Gasteiger partial charge in [0.05, 0.1) is 0 Å². The standard InChI is InChI=1S/C23H28N2O3/c1-17-12-18(2)14-21(13-17)28-16-22(26)24-20-9-7-8-19(15-20)23(27)25-10-5-3-4-6-11-25/h7-9,12-15H,3-6,10-11,16H2,1-2H3,(H,24,26). The maximum atomic E-state index is 12.8. The van der Waals surface area contributed by atoms with Gasteiger partial charge in [-0.15, -0.1) is 0 Å². The van der Waals surface area contributed by atoms with Crippen molar-refractivity contribution in [2.75, 3.05) is 25.0 Å². The molecule has 148 valence electrons. The Hall–Kier alpha value is -2.82. The van der Waals surface area contributed by atoms with E-state index in [9.17, 15) is 9.59 Å². The molecular weight excluding hydrogens is 352 g/mol. The lowest BCUT2D eigenvalue weighted by Crippen LogP contribution is -2.31. The van der Waals surface area contributed by atoms with Gasteiger partial charge in [-0.1, -0.05) is 25.0 Å². The zero-order valence-corrected chi connectivity index (χ0v) is 16.7. The van der Waals surface area contributed by atoms with Crippen LogP contribution < -0.4 is 10.1 Å². The first-order valence-corrected chi connectivity index (χ1v) is 9.91. The van der Waals surface area contributed by atoms with E-state index in [1.54, 1.807) is 24.3 Å². The summed E-state index contributed by atoms with van der Waals surface area (Å²) in [5.74, 6) is 0.459. The van der Waals surface area contributed by atoms with Crippen LogP contribution in [0.1, 0.15) is 47.2 Å². The number of anilines is 1. The highest BCUT2D eigenvalue weighted by Gasteiger charge is 2.17. The number of nitrogens with zero attached hydrogens (tertiary/aromatic N) is 1. The summed E-state index contributed by atoms with van der Waals surface area (Å²) in [5.41, 5.74) is 3.40. The van der Waals surface area contributed by atoms with E-state index in [1.807, 2.05) is 30.9 Å². The number of aryl methyl sites for hydroxylation is 2. The number of likely N-dealkylation sites (tertiary alicyclic amines) is 1. The summed E-state index contributed by atoms with van der Waals surface area (Å²) in [7, 11) is 0. The largest absolute Gasteiger partial charge is 0.484 e. The molecular formula is C23H28N2O3. The Bertz CT molecular complexity index is 819. The molecule has 1 N–H and O–H groups in total. The number of hydrogen-bond acceptors (Lipinski definition) is 3. The fourth-order valence-corrected chi connectivity index (χ4v) is 3.55. The van der Waals surface area contributed by atoms with Crippen LogP contribution in [-0.4, -0.2) is 36.4 Å². The molecule has 1 fully saturated rings. The van der Waals surface area contributed by atoms with Gasteiger partial charge < -0.3 is 15.0 Å². The summed E-state index contributed by atoms with van der Waals surface area (Å²) >= 11 is 0. The van der Waals surface area contributed by atoms with Crippen LogP contribution in [-0.2, 0) is 4.79 Å². The van der Waals surface area contributed by atoms with E-state index in [0.29, 0.717) is 17.0 Å². The quantitative estimate of drug-likeness (QED) is 0.840. The molecule has 5 heteroatoms. The molecule has 3 rings (SSSR count). The number of rotatable bonds is 5. The molecule has 0 aliphatic carbocycles. The Morgan fingerprint density at radius 1 is 0.964 bits per heavy atom. The minimum absolute atomic E-state index is 0.0319. The molecule has 0 radical (unpaired) electrons. The maximum Gasteiger partial charge on any atom is 0.262 e. The Balaban J connectivity index is 1.58. The lowest BCUT2D eigenvalue weighted by atomic mass is 10.1. The van der Waals surface area contributed by atoms with Gasteiger partial charge in [-0.3, -0.25) is 9.59 Å². The predicted octanol–water partition coefficient (Wildman–Crippen LogP) is 4.34. The molecule has 0 unspecified atom stereocenters. The van der Waals surface area contributed by atoms with Gasteiger partial charge in [-0.05, 0) is 68.1 Å². The van der Waals surface area contributed by atoms with Crippen molar-refractivity contribution in [1.82, 2.24) is 4.90 Å². The monoisotopic (exact) mass is 380 g/mol. The molecule has 1 saturated heterocycles. The van der Waals surface area contributed by atoms with Crippen molar-refractivity contribution in [3.8, 4) is 5.75 Å². The van der Waals surface area contributed by atoms with Crippen LogP contribution in [0.4, 0.5) is 5.69 Å². The topological polar surface area (TPSA) is 58.6 Å². The lowest BCUT2D eigenvalue weighted by Gasteiger charge is -2.20. The van der Waals surface area contributed by atoms with Gasteiger partial charge >= 0.3 is 0 Å². The van der Waals surface area contributed by atoms with E-state index in [2.05, 4.69) is 11.4 Å². The van der Waals surface area contributed by atoms with Crippen molar-refractivity contribution in [2.24, 2.45) is 0 Å². The first kappa shape index (κ1) is 19.9. The first-order chi connectivity index (χ1) is 13.5. The SMILES string of the molecule is Cc1cc(C)cc(OCC(=O)Nc2cccc(C(=O)N3CCCCCC3)c2)c1. The Morgan fingerprint density at radius 3 is 2.32 bits per heavy atom.